The van der Waals surface area contributed by atoms with Gasteiger partial charge in [-0.05, 0) is 65.1 Å². The maximum absolute atomic E-state index is 13.5. The molecule has 1 N–H and O–H groups in total. The first-order chi connectivity index (χ1) is 19.0. The summed E-state index contributed by atoms with van der Waals surface area (Å²) in [5, 5.41) is 4.19. The molecular formula is C34H33FN2O2. The predicted molar refractivity (Wildman–Crippen MR) is 155 cm³/mol. The number of carbonyl (C=O) groups is 1. The number of fused-ring (bicyclic) bond motifs is 1. The molecule has 1 amide bonds. The Kier molecular flexibility index (Phi) is 8.07. The van der Waals surface area contributed by atoms with Crippen LogP contribution >= 0.6 is 0 Å². The van der Waals surface area contributed by atoms with Gasteiger partial charge in [-0.15, -0.1) is 0 Å². The number of benzene rings is 4. The number of nitrogens with zero attached hydrogens (tertiary/aromatic N) is 1. The van der Waals surface area contributed by atoms with Crippen LogP contribution in [0.5, 0.6) is 11.5 Å². The first-order valence-electron chi connectivity index (χ1n) is 13.4. The van der Waals surface area contributed by atoms with E-state index in [4.69, 9.17) is 4.74 Å². The fourth-order valence-electron chi connectivity index (χ4n) is 4.87. The SMILES string of the molecule is CC(C)CNC(=O)C[C@H](c1cccc(Oc2ccccc2)c1)c1cn(Cc2ccc(F)cc2)c2ccccc12. The van der Waals surface area contributed by atoms with Crippen LogP contribution < -0.4 is 10.1 Å². The third kappa shape index (κ3) is 6.55. The standard InChI is InChI=1S/C34H33FN2O2/c1-24(2)21-36-34(38)20-31(26-9-8-12-29(19-26)39-28-10-4-3-5-11-28)32-23-37(33-14-7-6-13-30(32)33)22-25-15-17-27(35)18-16-25/h3-19,23-24,31H,20-22H2,1-2H3,(H,36,38)/t31-/m1/s1. The van der Waals surface area contributed by atoms with E-state index in [1.54, 1.807) is 0 Å². The highest BCUT2D eigenvalue weighted by atomic mass is 19.1. The number of nitrogens with one attached hydrogen (secondary N) is 1. The van der Waals surface area contributed by atoms with Crippen molar-refractivity contribution in [1.82, 2.24) is 9.88 Å². The minimum atomic E-state index is -0.248. The highest BCUT2D eigenvalue weighted by molar-refractivity contribution is 5.87. The van der Waals surface area contributed by atoms with Gasteiger partial charge in [0.15, 0.2) is 0 Å². The molecule has 4 nitrogen and oxygen atoms in total. The lowest BCUT2D eigenvalue weighted by Gasteiger charge is -2.19. The molecule has 198 valence electrons. The van der Waals surface area contributed by atoms with Gasteiger partial charge in [0.2, 0.25) is 5.91 Å². The molecule has 0 radical (unpaired) electrons. The van der Waals surface area contributed by atoms with Gasteiger partial charge in [0, 0.05) is 42.5 Å². The molecule has 5 heteroatoms. The molecule has 1 atom stereocenters. The second kappa shape index (κ2) is 12.0. The van der Waals surface area contributed by atoms with Crippen LogP contribution in [-0.4, -0.2) is 17.0 Å². The number of hydrogen-bond acceptors (Lipinski definition) is 2. The van der Waals surface area contributed by atoms with Crippen LogP contribution in [0.4, 0.5) is 4.39 Å². The van der Waals surface area contributed by atoms with E-state index in [1.807, 2.05) is 72.8 Å². The van der Waals surface area contributed by atoms with Gasteiger partial charge in [-0.25, -0.2) is 4.39 Å². The Morgan fingerprint density at radius 3 is 2.36 bits per heavy atom. The van der Waals surface area contributed by atoms with E-state index >= 15 is 0 Å². The summed E-state index contributed by atoms with van der Waals surface area (Å²) in [6.07, 6.45) is 2.45. The number of halogens is 1. The van der Waals surface area contributed by atoms with Gasteiger partial charge in [0.05, 0.1) is 0 Å². The summed E-state index contributed by atoms with van der Waals surface area (Å²) >= 11 is 0. The quantitative estimate of drug-likeness (QED) is 0.203. The lowest BCUT2D eigenvalue weighted by molar-refractivity contribution is -0.121. The average Bonchev–Trinajstić information content (AvgIpc) is 3.30. The fraction of sp³-hybridized carbons (Fsp3) is 0.206. The van der Waals surface area contributed by atoms with Gasteiger partial charge in [0.25, 0.3) is 0 Å². The van der Waals surface area contributed by atoms with Crippen molar-refractivity contribution in [3.05, 3.63) is 132 Å². The first kappa shape index (κ1) is 26.2. The highest BCUT2D eigenvalue weighted by Crippen LogP contribution is 2.37. The molecule has 0 spiro atoms. The summed E-state index contributed by atoms with van der Waals surface area (Å²) in [7, 11) is 0. The zero-order valence-corrected chi connectivity index (χ0v) is 22.3. The van der Waals surface area contributed by atoms with Crippen molar-refractivity contribution < 1.29 is 13.9 Å². The maximum Gasteiger partial charge on any atom is 0.220 e. The number of aromatic nitrogens is 1. The summed E-state index contributed by atoms with van der Waals surface area (Å²) in [4.78, 5) is 13.2. The number of rotatable bonds is 10. The Balaban J connectivity index is 1.54. The van der Waals surface area contributed by atoms with Crippen molar-refractivity contribution in [2.75, 3.05) is 6.54 Å². The zero-order valence-electron chi connectivity index (χ0n) is 22.3. The molecular weight excluding hydrogens is 487 g/mol. The second-order valence-electron chi connectivity index (χ2n) is 10.3. The van der Waals surface area contributed by atoms with Crippen molar-refractivity contribution in [2.24, 2.45) is 5.92 Å². The molecule has 0 bridgehead atoms. The van der Waals surface area contributed by atoms with Gasteiger partial charge >= 0.3 is 0 Å². The Hall–Kier alpha value is -4.38. The summed E-state index contributed by atoms with van der Waals surface area (Å²) in [5.41, 5.74) is 4.16. The van der Waals surface area contributed by atoms with Crippen LogP contribution in [0.2, 0.25) is 0 Å². The lowest BCUT2D eigenvalue weighted by Crippen LogP contribution is -2.28. The Morgan fingerprint density at radius 2 is 1.59 bits per heavy atom. The van der Waals surface area contributed by atoms with E-state index in [0.29, 0.717) is 25.4 Å². The summed E-state index contributed by atoms with van der Waals surface area (Å²) < 4.78 is 21.8. The molecule has 0 aliphatic carbocycles. The monoisotopic (exact) mass is 520 g/mol. The number of amides is 1. The van der Waals surface area contributed by atoms with Crippen molar-refractivity contribution in [2.45, 2.75) is 32.7 Å². The fourth-order valence-corrected chi connectivity index (χ4v) is 4.87. The lowest BCUT2D eigenvalue weighted by atomic mass is 9.88. The summed E-state index contributed by atoms with van der Waals surface area (Å²) in [6.45, 7) is 5.41. The van der Waals surface area contributed by atoms with E-state index in [9.17, 15) is 9.18 Å². The number of hydrogen-bond donors (Lipinski definition) is 1. The van der Waals surface area contributed by atoms with Gasteiger partial charge in [-0.3, -0.25) is 4.79 Å². The van der Waals surface area contributed by atoms with Gasteiger partial charge < -0.3 is 14.6 Å². The van der Waals surface area contributed by atoms with E-state index in [-0.39, 0.29) is 17.6 Å². The first-order valence-corrected chi connectivity index (χ1v) is 13.4. The molecule has 0 saturated carbocycles. The van der Waals surface area contributed by atoms with Gasteiger partial charge in [-0.2, -0.15) is 0 Å². The third-order valence-corrected chi connectivity index (χ3v) is 6.80. The van der Waals surface area contributed by atoms with Gasteiger partial charge in [-0.1, -0.05) is 74.5 Å². The Labute approximate surface area is 229 Å². The minimum Gasteiger partial charge on any atom is -0.457 e. The van der Waals surface area contributed by atoms with Crippen LogP contribution in [0.25, 0.3) is 10.9 Å². The zero-order chi connectivity index (χ0) is 27.2. The molecule has 0 aliphatic rings. The predicted octanol–water partition coefficient (Wildman–Crippen LogP) is 7.92. The van der Waals surface area contributed by atoms with Gasteiger partial charge in [0.1, 0.15) is 17.3 Å². The van der Waals surface area contributed by atoms with E-state index in [0.717, 1.165) is 39.1 Å². The molecule has 4 aromatic carbocycles. The molecule has 5 rings (SSSR count). The summed E-state index contributed by atoms with van der Waals surface area (Å²) in [6, 6.07) is 32.5. The Morgan fingerprint density at radius 1 is 0.872 bits per heavy atom. The van der Waals surface area contributed by atoms with Crippen LogP contribution in [0.1, 0.15) is 42.9 Å². The Bertz CT molecular complexity index is 1540. The molecule has 0 unspecified atom stereocenters. The summed E-state index contributed by atoms with van der Waals surface area (Å²) in [5.74, 6) is 1.43. The second-order valence-corrected chi connectivity index (χ2v) is 10.3. The van der Waals surface area contributed by atoms with E-state index in [2.05, 4.69) is 48.1 Å². The smallest absolute Gasteiger partial charge is 0.220 e. The van der Waals surface area contributed by atoms with Crippen LogP contribution in [0, 0.1) is 11.7 Å². The normalized spacial score (nSPS) is 12.0. The molecule has 0 saturated heterocycles. The number of para-hydroxylation sites is 2. The minimum absolute atomic E-state index is 0.0125. The van der Waals surface area contributed by atoms with Crippen molar-refractivity contribution >= 4 is 16.8 Å². The van der Waals surface area contributed by atoms with Crippen LogP contribution in [-0.2, 0) is 11.3 Å². The van der Waals surface area contributed by atoms with E-state index < -0.39 is 0 Å². The molecule has 5 aromatic rings. The third-order valence-electron chi connectivity index (χ3n) is 6.80. The van der Waals surface area contributed by atoms with E-state index in [1.165, 1.54) is 12.1 Å². The largest absolute Gasteiger partial charge is 0.457 e. The van der Waals surface area contributed by atoms with Crippen molar-refractivity contribution in [1.29, 1.82) is 0 Å². The molecule has 0 fully saturated rings. The molecule has 1 aromatic heterocycles. The maximum atomic E-state index is 13.5. The average molecular weight is 521 g/mol. The molecule has 39 heavy (non-hydrogen) atoms. The van der Waals surface area contributed by atoms with Crippen molar-refractivity contribution in [3.63, 3.8) is 0 Å². The van der Waals surface area contributed by atoms with Crippen molar-refractivity contribution in [3.8, 4) is 11.5 Å². The molecule has 0 aliphatic heterocycles. The van der Waals surface area contributed by atoms with Crippen LogP contribution in [0.3, 0.4) is 0 Å². The molecule has 1 heterocycles. The highest BCUT2D eigenvalue weighted by Gasteiger charge is 2.23. The topological polar surface area (TPSA) is 43.3 Å². The number of ether oxygens (including phenoxy) is 1. The van der Waals surface area contributed by atoms with Crippen LogP contribution in [0.15, 0.2) is 109 Å². The number of carbonyl (C=O) groups excluding carboxylic acids is 1.